The van der Waals surface area contributed by atoms with Crippen molar-refractivity contribution in [3.05, 3.63) is 12.3 Å². The van der Waals surface area contributed by atoms with Gasteiger partial charge in [0.25, 0.3) is 0 Å². The molecule has 0 fully saturated rings. The highest BCUT2D eigenvalue weighted by Gasteiger charge is 2.09. The third kappa shape index (κ3) is 4.63. The number of allylic oxidation sites excluding steroid dienone is 1. The summed E-state index contributed by atoms with van der Waals surface area (Å²) < 4.78 is 5.41. The Balaban J connectivity index is 1.95. The van der Waals surface area contributed by atoms with E-state index in [-0.39, 0.29) is 6.10 Å². The third-order valence-corrected chi connectivity index (χ3v) is 2.52. The van der Waals surface area contributed by atoms with Crippen LogP contribution in [0.1, 0.15) is 32.6 Å². The van der Waals surface area contributed by atoms with E-state index in [0.29, 0.717) is 6.10 Å². The molecule has 0 spiro atoms. The summed E-state index contributed by atoms with van der Waals surface area (Å²) in [6.45, 7) is 3.76. The van der Waals surface area contributed by atoms with E-state index in [0.717, 1.165) is 38.8 Å². The van der Waals surface area contributed by atoms with Gasteiger partial charge in [0.2, 0.25) is 0 Å². The summed E-state index contributed by atoms with van der Waals surface area (Å²) in [7, 11) is 0. The summed E-state index contributed by atoms with van der Waals surface area (Å²) in [5.74, 6) is 0. The van der Waals surface area contributed by atoms with Crippen LogP contribution in [-0.4, -0.2) is 30.4 Å². The molecule has 0 amide bonds. The molecule has 1 aliphatic rings. The second kappa shape index (κ2) is 6.85. The van der Waals surface area contributed by atoms with Crippen LogP contribution in [-0.2, 0) is 4.74 Å². The zero-order chi connectivity index (χ0) is 10.2. The van der Waals surface area contributed by atoms with Crippen molar-refractivity contribution in [3.8, 4) is 0 Å². The molecule has 3 nitrogen and oxygen atoms in total. The van der Waals surface area contributed by atoms with Crippen LogP contribution in [0.2, 0.25) is 0 Å². The van der Waals surface area contributed by atoms with Gasteiger partial charge in [-0.25, -0.2) is 0 Å². The highest BCUT2D eigenvalue weighted by atomic mass is 16.5. The van der Waals surface area contributed by atoms with Gasteiger partial charge >= 0.3 is 0 Å². The molecule has 2 N–H and O–H groups in total. The first-order valence-electron chi connectivity index (χ1n) is 5.52. The van der Waals surface area contributed by atoms with E-state index in [4.69, 9.17) is 4.74 Å². The van der Waals surface area contributed by atoms with Crippen LogP contribution in [0.5, 0.6) is 0 Å². The highest BCUT2D eigenvalue weighted by molar-refractivity contribution is 4.82. The number of rotatable bonds is 6. The van der Waals surface area contributed by atoms with Crippen molar-refractivity contribution < 1.29 is 9.84 Å². The number of hydrogen-bond donors (Lipinski definition) is 2. The van der Waals surface area contributed by atoms with Crippen molar-refractivity contribution in [1.82, 2.24) is 5.32 Å². The van der Waals surface area contributed by atoms with Gasteiger partial charge in [0.05, 0.1) is 12.4 Å². The van der Waals surface area contributed by atoms with Crippen molar-refractivity contribution in [3.63, 3.8) is 0 Å². The first kappa shape index (κ1) is 11.5. The Bertz CT molecular complexity index is 171. The zero-order valence-corrected chi connectivity index (χ0v) is 8.91. The fourth-order valence-electron chi connectivity index (χ4n) is 1.47. The zero-order valence-electron chi connectivity index (χ0n) is 8.91. The van der Waals surface area contributed by atoms with E-state index in [1.165, 1.54) is 0 Å². The summed E-state index contributed by atoms with van der Waals surface area (Å²) in [5.41, 5.74) is 0. The van der Waals surface area contributed by atoms with Crippen molar-refractivity contribution in [2.75, 3.05) is 13.1 Å². The van der Waals surface area contributed by atoms with Gasteiger partial charge in [0.15, 0.2) is 0 Å². The summed E-state index contributed by atoms with van der Waals surface area (Å²) in [6.07, 6.45) is 7.88. The first-order chi connectivity index (χ1) is 6.83. The van der Waals surface area contributed by atoms with Crippen molar-refractivity contribution >= 4 is 0 Å². The second-order valence-corrected chi connectivity index (χ2v) is 3.76. The van der Waals surface area contributed by atoms with E-state index in [2.05, 4.69) is 11.4 Å². The van der Waals surface area contributed by atoms with Crippen molar-refractivity contribution in [2.45, 2.75) is 44.8 Å². The van der Waals surface area contributed by atoms with Crippen LogP contribution < -0.4 is 5.32 Å². The maximum Gasteiger partial charge on any atom is 0.110 e. The predicted molar refractivity (Wildman–Crippen MR) is 57.0 cm³/mol. The Kier molecular flexibility index (Phi) is 5.64. The molecular formula is C11H21NO2. The van der Waals surface area contributed by atoms with Crippen LogP contribution in [0.3, 0.4) is 0 Å². The first-order valence-corrected chi connectivity index (χ1v) is 5.52. The maximum atomic E-state index is 9.31. The van der Waals surface area contributed by atoms with Gasteiger partial charge in [0, 0.05) is 6.54 Å². The molecule has 0 radical (unpaired) electrons. The molecule has 1 aliphatic heterocycles. The summed E-state index contributed by atoms with van der Waals surface area (Å²) >= 11 is 0. The summed E-state index contributed by atoms with van der Waals surface area (Å²) in [5, 5.41) is 12.6. The predicted octanol–water partition coefficient (Wildman–Crippen LogP) is 1.43. The SMILES string of the molecule is CCC(O)CCNCC1CCC=CO1. The maximum absolute atomic E-state index is 9.31. The Hall–Kier alpha value is -0.540. The average molecular weight is 199 g/mol. The van der Waals surface area contributed by atoms with E-state index >= 15 is 0 Å². The number of aliphatic hydroxyl groups excluding tert-OH is 1. The van der Waals surface area contributed by atoms with Gasteiger partial charge in [-0.3, -0.25) is 0 Å². The number of aliphatic hydroxyl groups is 1. The quantitative estimate of drug-likeness (QED) is 0.636. The molecule has 1 rings (SSSR count). The Morgan fingerprint density at radius 2 is 2.50 bits per heavy atom. The molecule has 0 aromatic rings. The molecule has 2 atom stereocenters. The topological polar surface area (TPSA) is 41.5 Å². The Morgan fingerprint density at radius 1 is 1.64 bits per heavy atom. The molecule has 0 aromatic heterocycles. The van der Waals surface area contributed by atoms with Crippen LogP contribution >= 0.6 is 0 Å². The number of hydrogen-bond acceptors (Lipinski definition) is 3. The van der Waals surface area contributed by atoms with Crippen LogP contribution in [0.15, 0.2) is 12.3 Å². The van der Waals surface area contributed by atoms with Gasteiger partial charge in [0.1, 0.15) is 6.10 Å². The van der Waals surface area contributed by atoms with E-state index in [1.54, 1.807) is 6.26 Å². The molecule has 82 valence electrons. The van der Waals surface area contributed by atoms with Crippen LogP contribution in [0, 0.1) is 0 Å². The normalized spacial score (nSPS) is 23.1. The molecule has 0 saturated carbocycles. The lowest BCUT2D eigenvalue weighted by Crippen LogP contribution is -2.31. The standard InChI is InChI=1S/C11H21NO2/c1-2-10(13)6-7-12-9-11-5-3-4-8-14-11/h4,8,10-13H,2-3,5-7,9H2,1H3. The van der Waals surface area contributed by atoms with Gasteiger partial charge in [-0.05, 0) is 38.3 Å². The molecule has 0 saturated heterocycles. The molecule has 2 unspecified atom stereocenters. The van der Waals surface area contributed by atoms with Crippen LogP contribution in [0.4, 0.5) is 0 Å². The van der Waals surface area contributed by atoms with Crippen LogP contribution in [0.25, 0.3) is 0 Å². The fourth-order valence-corrected chi connectivity index (χ4v) is 1.47. The molecule has 0 aromatic carbocycles. The lowest BCUT2D eigenvalue weighted by Gasteiger charge is -2.20. The number of ether oxygens (including phenoxy) is 1. The summed E-state index contributed by atoms with van der Waals surface area (Å²) in [4.78, 5) is 0. The van der Waals surface area contributed by atoms with Gasteiger partial charge in [-0.2, -0.15) is 0 Å². The third-order valence-electron chi connectivity index (χ3n) is 2.52. The fraction of sp³-hybridized carbons (Fsp3) is 0.818. The van der Waals surface area contributed by atoms with E-state index in [9.17, 15) is 5.11 Å². The lowest BCUT2D eigenvalue weighted by atomic mass is 10.1. The highest BCUT2D eigenvalue weighted by Crippen LogP contribution is 2.08. The lowest BCUT2D eigenvalue weighted by molar-refractivity contribution is 0.118. The van der Waals surface area contributed by atoms with E-state index < -0.39 is 0 Å². The monoisotopic (exact) mass is 199 g/mol. The van der Waals surface area contributed by atoms with Gasteiger partial charge in [-0.15, -0.1) is 0 Å². The average Bonchev–Trinajstić information content (AvgIpc) is 2.25. The van der Waals surface area contributed by atoms with Crippen molar-refractivity contribution in [1.29, 1.82) is 0 Å². The van der Waals surface area contributed by atoms with Gasteiger partial charge in [-0.1, -0.05) is 6.92 Å². The minimum atomic E-state index is -0.158. The van der Waals surface area contributed by atoms with Gasteiger partial charge < -0.3 is 15.2 Å². The largest absolute Gasteiger partial charge is 0.497 e. The molecular weight excluding hydrogens is 178 g/mol. The molecule has 0 bridgehead atoms. The minimum absolute atomic E-state index is 0.158. The Labute approximate surface area is 86.2 Å². The molecule has 14 heavy (non-hydrogen) atoms. The van der Waals surface area contributed by atoms with E-state index in [1.807, 2.05) is 6.92 Å². The number of nitrogens with one attached hydrogen (secondary N) is 1. The molecule has 1 heterocycles. The molecule has 0 aliphatic carbocycles. The smallest absolute Gasteiger partial charge is 0.110 e. The Morgan fingerprint density at radius 3 is 3.14 bits per heavy atom. The van der Waals surface area contributed by atoms with Crippen molar-refractivity contribution in [2.24, 2.45) is 0 Å². The summed E-state index contributed by atoms with van der Waals surface area (Å²) in [6, 6.07) is 0. The molecule has 3 heteroatoms. The second-order valence-electron chi connectivity index (χ2n) is 3.76. The minimum Gasteiger partial charge on any atom is -0.497 e.